The van der Waals surface area contributed by atoms with E-state index in [1.807, 2.05) is 11.4 Å². The molecule has 0 atom stereocenters. The summed E-state index contributed by atoms with van der Waals surface area (Å²) in [5.74, 6) is -0.190. The van der Waals surface area contributed by atoms with Gasteiger partial charge in [0.1, 0.15) is 5.82 Å². The number of nitrogens with two attached hydrogens (primary N) is 1. The first-order chi connectivity index (χ1) is 7.24. The van der Waals surface area contributed by atoms with Gasteiger partial charge in [-0.25, -0.2) is 9.37 Å². The molecule has 2 aromatic rings. The Hall–Kier alpha value is -1.42. The number of nitrogen functional groups attached to an aromatic ring is 1. The average molecular weight is 222 g/mol. The molecule has 1 aromatic heterocycles. The van der Waals surface area contributed by atoms with Crippen molar-refractivity contribution in [3.8, 4) is 0 Å². The van der Waals surface area contributed by atoms with E-state index in [2.05, 4.69) is 4.98 Å². The highest BCUT2D eigenvalue weighted by Crippen LogP contribution is 2.13. The van der Waals surface area contributed by atoms with Crippen LogP contribution in [-0.4, -0.2) is 4.98 Å². The van der Waals surface area contributed by atoms with Crippen LogP contribution in [0.25, 0.3) is 0 Å². The second-order valence-electron chi connectivity index (χ2n) is 3.31. The van der Waals surface area contributed by atoms with E-state index < -0.39 is 0 Å². The van der Waals surface area contributed by atoms with Crippen molar-refractivity contribution in [3.05, 3.63) is 46.7 Å². The molecule has 1 aromatic carbocycles. The van der Waals surface area contributed by atoms with E-state index in [9.17, 15) is 4.39 Å². The van der Waals surface area contributed by atoms with E-state index in [1.54, 1.807) is 12.1 Å². The first kappa shape index (κ1) is 10.1. The first-order valence-corrected chi connectivity index (χ1v) is 5.56. The lowest BCUT2D eigenvalue weighted by Crippen LogP contribution is -1.93. The van der Waals surface area contributed by atoms with E-state index in [4.69, 9.17) is 5.73 Å². The van der Waals surface area contributed by atoms with Gasteiger partial charge in [-0.2, -0.15) is 0 Å². The van der Waals surface area contributed by atoms with Crippen LogP contribution in [0.1, 0.15) is 11.3 Å². The molecule has 0 aliphatic heterocycles. The zero-order valence-electron chi connectivity index (χ0n) is 8.11. The maximum Gasteiger partial charge on any atom is 0.180 e. The van der Waals surface area contributed by atoms with Gasteiger partial charge in [0.25, 0.3) is 0 Å². The number of thiazole rings is 1. The first-order valence-electron chi connectivity index (χ1n) is 4.68. The van der Waals surface area contributed by atoms with Gasteiger partial charge in [-0.3, -0.25) is 0 Å². The predicted molar refractivity (Wildman–Crippen MR) is 60.3 cm³/mol. The largest absolute Gasteiger partial charge is 0.375 e. The molecule has 0 saturated carbocycles. The van der Waals surface area contributed by atoms with Crippen molar-refractivity contribution < 1.29 is 4.39 Å². The highest BCUT2D eigenvalue weighted by Gasteiger charge is 2.00. The smallest absolute Gasteiger partial charge is 0.180 e. The molecule has 0 aliphatic carbocycles. The summed E-state index contributed by atoms with van der Waals surface area (Å²) in [6, 6.07) is 6.64. The minimum Gasteiger partial charge on any atom is -0.375 e. The number of nitrogens with zero attached hydrogens (tertiary/aromatic N) is 1. The van der Waals surface area contributed by atoms with Gasteiger partial charge < -0.3 is 5.73 Å². The van der Waals surface area contributed by atoms with Crippen LogP contribution < -0.4 is 5.73 Å². The van der Waals surface area contributed by atoms with Gasteiger partial charge in [0, 0.05) is 5.38 Å². The standard InChI is InChI=1S/C11H11FN2S/c12-9-3-1-2-8(6-9)4-5-10-7-15-11(13)14-10/h1-3,6-7H,4-5H2,(H2,13,14). The Labute approximate surface area is 91.6 Å². The molecule has 2 N–H and O–H groups in total. The summed E-state index contributed by atoms with van der Waals surface area (Å²) in [4.78, 5) is 4.15. The monoisotopic (exact) mass is 222 g/mol. The van der Waals surface area contributed by atoms with Crippen molar-refractivity contribution in [2.45, 2.75) is 12.8 Å². The SMILES string of the molecule is Nc1nc(CCc2cccc(F)c2)cs1. The minimum atomic E-state index is -0.190. The van der Waals surface area contributed by atoms with Crippen molar-refractivity contribution >= 4 is 16.5 Å². The van der Waals surface area contributed by atoms with Crippen molar-refractivity contribution in [2.24, 2.45) is 0 Å². The molecule has 0 saturated heterocycles. The molecule has 15 heavy (non-hydrogen) atoms. The highest BCUT2D eigenvalue weighted by atomic mass is 32.1. The fourth-order valence-electron chi connectivity index (χ4n) is 1.40. The summed E-state index contributed by atoms with van der Waals surface area (Å²) in [7, 11) is 0. The Bertz CT molecular complexity index is 453. The van der Waals surface area contributed by atoms with Crippen molar-refractivity contribution in [3.63, 3.8) is 0 Å². The Morgan fingerprint density at radius 3 is 2.87 bits per heavy atom. The summed E-state index contributed by atoms with van der Waals surface area (Å²) in [5.41, 5.74) is 7.48. The van der Waals surface area contributed by atoms with E-state index in [0.29, 0.717) is 5.13 Å². The maximum absolute atomic E-state index is 12.9. The molecule has 2 rings (SSSR count). The van der Waals surface area contributed by atoms with Crippen LogP contribution in [0.15, 0.2) is 29.6 Å². The number of anilines is 1. The lowest BCUT2D eigenvalue weighted by molar-refractivity contribution is 0.625. The summed E-state index contributed by atoms with van der Waals surface area (Å²) in [5, 5.41) is 2.53. The molecule has 0 radical (unpaired) electrons. The topological polar surface area (TPSA) is 38.9 Å². The van der Waals surface area contributed by atoms with Crippen LogP contribution in [-0.2, 0) is 12.8 Å². The molecular weight excluding hydrogens is 211 g/mol. The molecule has 0 unspecified atom stereocenters. The fraction of sp³-hybridized carbons (Fsp3) is 0.182. The summed E-state index contributed by atoms with van der Waals surface area (Å²) in [6.45, 7) is 0. The van der Waals surface area contributed by atoms with Crippen LogP contribution in [0.5, 0.6) is 0 Å². The third-order valence-corrected chi connectivity index (χ3v) is 2.85. The lowest BCUT2D eigenvalue weighted by Gasteiger charge is -1.98. The summed E-state index contributed by atoms with van der Waals surface area (Å²) >= 11 is 1.44. The van der Waals surface area contributed by atoms with Crippen LogP contribution in [0.4, 0.5) is 9.52 Å². The number of halogens is 1. The van der Waals surface area contributed by atoms with Crippen LogP contribution in [0.2, 0.25) is 0 Å². The molecular formula is C11H11FN2S. The quantitative estimate of drug-likeness (QED) is 0.867. The number of aryl methyl sites for hydroxylation is 2. The van der Waals surface area contributed by atoms with Gasteiger partial charge in [0.15, 0.2) is 5.13 Å². The van der Waals surface area contributed by atoms with Gasteiger partial charge in [0.2, 0.25) is 0 Å². The predicted octanol–water partition coefficient (Wildman–Crippen LogP) is 2.65. The molecule has 1 heterocycles. The third-order valence-electron chi connectivity index (χ3n) is 2.13. The number of hydrogen-bond acceptors (Lipinski definition) is 3. The molecule has 0 bridgehead atoms. The molecule has 2 nitrogen and oxygen atoms in total. The molecule has 0 spiro atoms. The Kier molecular flexibility index (Phi) is 2.97. The number of rotatable bonds is 3. The summed E-state index contributed by atoms with van der Waals surface area (Å²) in [6.07, 6.45) is 1.60. The molecule has 78 valence electrons. The molecule has 0 amide bonds. The minimum absolute atomic E-state index is 0.190. The second kappa shape index (κ2) is 4.40. The fourth-order valence-corrected chi connectivity index (χ4v) is 2.00. The van der Waals surface area contributed by atoms with Gasteiger partial charge >= 0.3 is 0 Å². The Morgan fingerprint density at radius 1 is 1.33 bits per heavy atom. The van der Waals surface area contributed by atoms with Crippen molar-refractivity contribution in [1.82, 2.24) is 4.98 Å². The van der Waals surface area contributed by atoms with Gasteiger partial charge in [-0.05, 0) is 30.5 Å². The number of hydrogen-bond donors (Lipinski definition) is 1. The van der Waals surface area contributed by atoms with Crippen LogP contribution in [0, 0.1) is 5.82 Å². The van der Waals surface area contributed by atoms with E-state index in [1.165, 1.54) is 17.4 Å². The van der Waals surface area contributed by atoms with Crippen molar-refractivity contribution in [1.29, 1.82) is 0 Å². The van der Waals surface area contributed by atoms with E-state index in [0.717, 1.165) is 24.1 Å². The summed E-state index contributed by atoms with van der Waals surface area (Å²) < 4.78 is 12.9. The van der Waals surface area contributed by atoms with Gasteiger partial charge in [0.05, 0.1) is 5.69 Å². The zero-order valence-corrected chi connectivity index (χ0v) is 8.93. The van der Waals surface area contributed by atoms with Crippen molar-refractivity contribution in [2.75, 3.05) is 5.73 Å². The van der Waals surface area contributed by atoms with Gasteiger partial charge in [-0.1, -0.05) is 12.1 Å². The Morgan fingerprint density at radius 2 is 2.20 bits per heavy atom. The molecule has 4 heteroatoms. The zero-order chi connectivity index (χ0) is 10.7. The van der Waals surface area contributed by atoms with E-state index in [-0.39, 0.29) is 5.82 Å². The highest BCUT2D eigenvalue weighted by molar-refractivity contribution is 7.13. The van der Waals surface area contributed by atoms with Gasteiger partial charge in [-0.15, -0.1) is 11.3 Å². The number of benzene rings is 1. The van der Waals surface area contributed by atoms with Crippen LogP contribution >= 0.6 is 11.3 Å². The number of aromatic nitrogens is 1. The Balaban J connectivity index is 1.99. The lowest BCUT2D eigenvalue weighted by atomic mass is 10.1. The second-order valence-corrected chi connectivity index (χ2v) is 4.20. The maximum atomic E-state index is 12.9. The van der Waals surface area contributed by atoms with E-state index >= 15 is 0 Å². The normalized spacial score (nSPS) is 10.5. The molecule has 0 fully saturated rings. The average Bonchev–Trinajstić information content (AvgIpc) is 2.62. The third kappa shape index (κ3) is 2.76. The molecule has 0 aliphatic rings. The van der Waals surface area contributed by atoms with Crippen LogP contribution in [0.3, 0.4) is 0 Å².